The number of nitrogens with zero attached hydrogens (tertiary/aromatic N) is 5. The first-order valence-corrected chi connectivity index (χ1v) is 10.9. The Labute approximate surface area is 182 Å². The molecule has 4 atom stereocenters. The Morgan fingerprint density at radius 3 is 2.47 bits per heavy atom. The van der Waals surface area contributed by atoms with Crippen LogP contribution in [-0.4, -0.2) is 56.8 Å². The van der Waals surface area contributed by atoms with E-state index in [0.29, 0.717) is 19.5 Å². The molecular formula is C23H22F3N5O. The summed E-state index contributed by atoms with van der Waals surface area (Å²) >= 11 is 0. The molecule has 3 aromatic heterocycles. The smallest absolute Gasteiger partial charge is 0.280 e. The van der Waals surface area contributed by atoms with Crippen molar-refractivity contribution < 1.29 is 18.0 Å². The van der Waals surface area contributed by atoms with Crippen molar-refractivity contribution in [2.45, 2.75) is 43.9 Å². The molecule has 166 valence electrons. The largest absolute Gasteiger partial charge is 0.366 e. The Balaban J connectivity index is 1.28. The van der Waals surface area contributed by atoms with Gasteiger partial charge in [0.15, 0.2) is 0 Å². The Hall–Kier alpha value is -3.10. The van der Waals surface area contributed by atoms with E-state index < -0.39 is 18.5 Å². The van der Waals surface area contributed by atoms with Gasteiger partial charge < -0.3 is 9.80 Å². The third kappa shape index (κ3) is 3.13. The second-order valence-corrected chi connectivity index (χ2v) is 8.94. The number of hydrogen-bond donors (Lipinski definition) is 0. The Morgan fingerprint density at radius 1 is 1.09 bits per heavy atom. The summed E-state index contributed by atoms with van der Waals surface area (Å²) in [5, 5.41) is 4.41. The van der Waals surface area contributed by atoms with Crippen molar-refractivity contribution >= 4 is 17.1 Å². The highest BCUT2D eigenvalue weighted by molar-refractivity contribution is 5.84. The van der Waals surface area contributed by atoms with Gasteiger partial charge in [-0.25, -0.2) is 17.7 Å². The number of pyridine rings is 1. The molecule has 9 heteroatoms. The van der Waals surface area contributed by atoms with E-state index in [1.54, 1.807) is 16.8 Å². The van der Waals surface area contributed by atoms with Crippen LogP contribution in [0.5, 0.6) is 0 Å². The van der Waals surface area contributed by atoms with E-state index in [1.807, 2.05) is 23.2 Å². The van der Waals surface area contributed by atoms with E-state index in [2.05, 4.69) is 15.0 Å². The van der Waals surface area contributed by atoms with Gasteiger partial charge >= 0.3 is 0 Å². The van der Waals surface area contributed by atoms with Crippen molar-refractivity contribution in [2.24, 2.45) is 5.92 Å². The number of amides is 1. The topological polar surface area (TPSA) is 53.7 Å². The van der Waals surface area contributed by atoms with Gasteiger partial charge in [-0.1, -0.05) is 6.07 Å². The van der Waals surface area contributed by atoms with Gasteiger partial charge in [0.2, 0.25) is 5.91 Å². The standard InChI is InChI=1S/C23H22F3N5O/c24-18-8-17(18)23(32)31-15-2-3-16(31)12-29(11-15)20-5-6-28-30-10-14(7-21(20)30)13-1-4-19(22(25)26)27-9-13/h1,4-7,9-10,15-18,22H,2-3,8,11-12H2/t15?,16?,17-,18-/m1/s1. The minimum absolute atomic E-state index is 0.0192. The highest BCUT2D eigenvalue weighted by Crippen LogP contribution is 2.41. The quantitative estimate of drug-likeness (QED) is 0.617. The van der Waals surface area contributed by atoms with Gasteiger partial charge in [-0.3, -0.25) is 9.78 Å². The summed E-state index contributed by atoms with van der Waals surface area (Å²) in [4.78, 5) is 20.8. The molecule has 3 aliphatic rings. The average Bonchev–Trinajstić information content (AvgIpc) is 3.26. The first-order valence-electron chi connectivity index (χ1n) is 10.9. The maximum atomic E-state index is 13.5. The summed E-state index contributed by atoms with van der Waals surface area (Å²) in [6.45, 7) is 1.41. The Bertz CT molecular complexity index is 1170. The molecule has 2 aliphatic heterocycles. The van der Waals surface area contributed by atoms with Gasteiger partial charge in [0, 0.05) is 54.9 Å². The van der Waals surface area contributed by atoms with Crippen LogP contribution in [0.25, 0.3) is 16.6 Å². The van der Waals surface area contributed by atoms with Gasteiger partial charge in [-0.05, 0) is 37.5 Å². The minimum Gasteiger partial charge on any atom is -0.366 e. The zero-order chi connectivity index (χ0) is 22.0. The van der Waals surface area contributed by atoms with E-state index in [4.69, 9.17) is 0 Å². The molecular weight excluding hydrogens is 419 g/mol. The minimum atomic E-state index is -2.60. The molecule has 32 heavy (non-hydrogen) atoms. The van der Waals surface area contributed by atoms with Gasteiger partial charge in [-0.2, -0.15) is 5.10 Å². The number of piperazine rings is 1. The van der Waals surface area contributed by atoms with Crippen LogP contribution in [0, 0.1) is 5.92 Å². The number of anilines is 1. The molecule has 1 amide bonds. The Morgan fingerprint density at radius 2 is 1.84 bits per heavy atom. The Kier molecular flexibility index (Phi) is 4.41. The maximum Gasteiger partial charge on any atom is 0.280 e. The number of rotatable bonds is 4. The van der Waals surface area contributed by atoms with Gasteiger partial charge in [-0.15, -0.1) is 0 Å². The summed E-state index contributed by atoms with van der Waals surface area (Å²) in [6, 6.07) is 7.13. The second-order valence-electron chi connectivity index (χ2n) is 8.94. The molecule has 2 unspecified atom stereocenters. The van der Waals surface area contributed by atoms with Crippen LogP contribution in [0.15, 0.2) is 42.9 Å². The fourth-order valence-corrected chi connectivity index (χ4v) is 5.20. The average molecular weight is 441 g/mol. The highest BCUT2D eigenvalue weighted by Gasteiger charge is 2.51. The highest BCUT2D eigenvalue weighted by atomic mass is 19.3. The fraction of sp³-hybridized carbons (Fsp3) is 0.435. The molecule has 2 saturated heterocycles. The number of hydrogen-bond acceptors (Lipinski definition) is 4. The molecule has 6 rings (SSSR count). The van der Waals surface area contributed by atoms with Crippen LogP contribution < -0.4 is 4.90 Å². The normalized spacial score (nSPS) is 26.9. The van der Waals surface area contributed by atoms with Crippen molar-refractivity contribution in [3.8, 4) is 11.1 Å². The summed E-state index contributed by atoms with van der Waals surface area (Å²) in [6.07, 6.45) is 3.73. The molecule has 1 saturated carbocycles. The van der Waals surface area contributed by atoms with Crippen LogP contribution in [0.4, 0.5) is 18.9 Å². The van der Waals surface area contributed by atoms with Crippen LogP contribution >= 0.6 is 0 Å². The third-order valence-electron chi connectivity index (χ3n) is 6.94. The van der Waals surface area contributed by atoms with E-state index in [0.717, 1.165) is 35.2 Å². The van der Waals surface area contributed by atoms with Crippen molar-refractivity contribution in [3.63, 3.8) is 0 Å². The van der Waals surface area contributed by atoms with Crippen LogP contribution in [0.2, 0.25) is 0 Å². The molecule has 2 bridgehead atoms. The van der Waals surface area contributed by atoms with E-state index in [9.17, 15) is 18.0 Å². The fourth-order valence-electron chi connectivity index (χ4n) is 5.20. The molecule has 0 aromatic carbocycles. The van der Waals surface area contributed by atoms with Crippen molar-refractivity contribution in [1.29, 1.82) is 0 Å². The lowest BCUT2D eigenvalue weighted by atomic mass is 10.1. The zero-order valence-electron chi connectivity index (χ0n) is 17.2. The molecule has 3 aromatic rings. The van der Waals surface area contributed by atoms with Crippen molar-refractivity contribution in [1.82, 2.24) is 19.5 Å². The second kappa shape index (κ2) is 7.21. The molecule has 1 aliphatic carbocycles. The number of fused-ring (bicyclic) bond motifs is 3. The predicted octanol–water partition coefficient (Wildman–Crippen LogP) is 3.87. The third-order valence-corrected chi connectivity index (χ3v) is 6.94. The van der Waals surface area contributed by atoms with Crippen molar-refractivity contribution in [2.75, 3.05) is 18.0 Å². The van der Waals surface area contributed by atoms with Crippen LogP contribution in [0.3, 0.4) is 0 Å². The number of alkyl halides is 3. The summed E-state index contributed by atoms with van der Waals surface area (Å²) in [5.74, 6) is -0.454. The summed E-state index contributed by atoms with van der Waals surface area (Å²) < 4.78 is 40.9. The maximum absolute atomic E-state index is 13.5. The van der Waals surface area contributed by atoms with Gasteiger partial charge in [0.25, 0.3) is 6.43 Å². The molecule has 5 heterocycles. The lowest BCUT2D eigenvalue weighted by molar-refractivity contribution is -0.136. The molecule has 0 N–H and O–H groups in total. The molecule has 0 radical (unpaired) electrons. The number of aromatic nitrogens is 3. The first kappa shape index (κ1) is 19.6. The zero-order valence-corrected chi connectivity index (χ0v) is 17.2. The van der Waals surface area contributed by atoms with Gasteiger partial charge in [0.05, 0.1) is 17.1 Å². The molecule has 0 spiro atoms. The van der Waals surface area contributed by atoms with Crippen LogP contribution in [-0.2, 0) is 4.79 Å². The number of carbonyl (C=O) groups is 1. The lowest BCUT2D eigenvalue weighted by Crippen LogP contribution is -2.56. The first-order chi connectivity index (χ1) is 15.5. The van der Waals surface area contributed by atoms with Gasteiger partial charge in [0.1, 0.15) is 11.9 Å². The molecule has 3 fully saturated rings. The van der Waals surface area contributed by atoms with E-state index in [-0.39, 0.29) is 23.7 Å². The number of halogens is 3. The van der Waals surface area contributed by atoms with E-state index in [1.165, 1.54) is 12.3 Å². The van der Waals surface area contributed by atoms with E-state index >= 15 is 0 Å². The summed E-state index contributed by atoms with van der Waals surface area (Å²) in [7, 11) is 0. The lowest BCUT2D eigenvalue weighted by Gasteiger charge is -2.42. The van der Waals surface area contributed by atoms with Crippen molar-refractivity contribution in [3.05, 3.63) is 48.5 Å². The monoisotopic (exact) mass is 441 g/mol. The molecule has 6 nitrogen and oxygen atoms in total. The predicted molar refractivity (Wildman–Crippen MR) is 112 cm³/mol. The number of carbonyl (C=O) groups excluding carboxylic acids is 1. The summed E-state index contributed by atoms with van der Waals surface area (Å²) in [5.41, 5.74) is 3.27. The SMILES string of the molecule is O=C([C@@H]1C[C@H]1F)N1C2CCC1CN(c1ccnn3cc(-c4ccc(C(F)F)nc4)cc13)C2. The van der Waals surface area contributed by atoms with Crippen LogP contribution in [0.1, 0.15) is 31.4 Å².